The normalized spacial score (nSPS) is 8.90. The molecule has 1 rings (SSSR count). The Balaban J connectivity index is 2.98. The highest BCUT2D eigenvalue weighted by molar-refractivity contribution is 5.75. The Morgan fingerprint density at radius 3 is 3.00 bits per heavy atom. The van der Waals surface area contributed by atoms with Crippen molar-refractivity contribution in [1.82, 2.24) is 4.98 Å². The smallest absolute Gasteiger partial charge is 0.151 e. The van der Waals surface area contributed by atoms with Crippen molar-refractivity contribution in [3.63, 3.8) is 0 Å². The van der Waals surface area contributed by atoms with Gasteiger partial charge in [0.15, 0.2) is 6.29 Å². The Morgan fingerprint density at radius 2 is 2.40 bits per heavy atom. The summed E-state index contributed by atoms with van der Waals surface area (Å²) in [4.78, 5) is 14.0. The molecule has 0 unspecified atom stereocenters. The fourth-order valence-corrected chi connectivity index (χ4v) is 0.659. The molecule has 0 fully saturated rings. The first-order valence-corrected chi connectivity index (χ1v) is 2.95. The lowest BCUT2D eigenvalue weighted by atomic mass is 10.3. The standard InChI is InChI=1S/C7H8N2O/c1-8-7-2-6(5-10)3-9-4-7/h2-5,8H,1H3. The fourth-order valence-electron chi connectivity index (χ4n) is 0.659. The number of aromatic nitrogens is 1. The van der Waals surface area contributed by atoms with Gasteiger partial charge in [0.1, 0.15) is 0 Å². The van der Waals surface area contributed by atoms with E-state index in [9.17, 15) is 4.79 Å². The Bertz CT molecular complexity index is 235. The van der Waals surface area contributed by atoms with E-state index in [0.717, 1.165) is 12.0 Å². The molecule has 0 saturated carbocycles. The third kappa shape index (κ3) is 1.31. The van der Waals surface area contributed by atoms with Crippen molar-refractivity contribution in [3.05, 3.63) is 24.0 Å². The van der Waals surface area contributed by atoms with Crippen LogP contribution >= 0.6 is 0 Å². The highest BCUT2D eigenvalue weighted by atomic mass is 16.1. The predicted octanol–water partition coefficient (Wildman–Crippen LogP) is 0.936. The number of aldehydes is 1. The quantitative estimate of drug-likeness (QED) is 0.615. The van der Waals surface area contributed by atoms with E-state index in [1.54, 1.807) is 19.3 Å². The van der Waals surface area contributed by atoms with Crippen molar-refractivity contribution < 1.29 is 4.79 Å². The van der Waals surface area contributed by atoms with Crippen LogP contribution < -0.4 is 5.32 Å². The van der Waals surface area contributed by atoms with Crippen molar-refractivity contribution in [2.24, 2.45) is 0 Å². The molecule has 52 valence electrons. The van der Waals surface area contributed by atoms with Crippen LogP contribution in [0.25, 0.3) is 0 Å². The number of hydrogen-bond donors (Lipinski definition) is 1. The molecular formula is C7H8N2O. The minimum atomic E-state index is 0.590. The van der Waals surface area contributed by atoms with Crippen LogP contribution in [0.5, 0.6) is 0 Å². The third-order valence-corrected chi connectivity index (χ3v) is 1.18. The van der Waals surface area contributed by atoms with E-state index in [4.69, 9.17) is 0 Å². The zero-order valence-electron chi connectivity index (χ0n) is 5.66. The SMILES string of the molecule is CNc1cncc(C=O)c1. The number of nitrogens with zero attached hydrogens (tertiary/aromatic N) is 1. The van der Waals surface area contributed by atoms with Gasteiger partial charge < -0.3 is 5.32 Å². The summed E-state index contributed by atoms with van der Waals surface area (Å²) < 4.78 is 0. The highest BCUT2D eigenvalue weighted by Crippen LogP contribution is 2.04. The van der Waals surface area contributed by atoms with E-state index in [1.165, 1.54) is 6.20 Å². The molecule has 0 aliphatic heterocycles. The maximum Gasteiger partial charge on any atom is 0.151 e. The monoisotopic (exact) mass is 136 g/mol. The first-order valence-electron chi connectivity index (χ1n) is 2.95. The lowest BCUT2D eigenvalue weighted by Gasteiger charge is -1.96. The second-order valence-electron chi connectivity index (χ2n) is 1.87. The van der Waals surface area contributed by atoms with E-state index < -0.39 is 0 Å². The number of carbonyl (C=O) groups excluding carboxylic acids is 1. The van der Waals surface area contributed by atoms with E-state index in [2.05, 4.69) is 10.3 Å². The number of hydrogen-bond acceptors (Lipinski definition) is 3. The Morgan fingerprint density at radius 1 is 1.60 bits per heavy atom. The third-order valence-electron chi connectivity index (χ3n) is 1.18. The fraction of sp³-hybridized carbons (Fsp3) is 0.143. The summed E-state index contributed by atoms with van der Waals surface area (Å²) in [5.74, 6) is 0. The summed E-state index contributed by atoms with van der Waals surface area (Å²) in [6, 6.07) is 1.74. The van der Waals surface area contributed by atoms with Crippen LogP contribution in [0.15, 0.2) is 18.5 Å². The lowest BCUT2D eigenvalue weighted by Crippen LogP contribution is -1.90. The minimum Gasteiger partial charge on any atom is -0.387 e. The molecule has 10 heavy (non-hydrogen) atoms. The first-order chi connectivity index (χ1) is 4.86. The molecule has 1 aromatic rings. The van der Waals surface area contributed by atoms with Crippen LogP contribution in [0.2, 0.25) is 0 Å². The molecule has 0 aliphatic carbocycles. The molecule has 3 nitrogen and oxygen atoms in total. The van der Waals surface area contributed by atoms with Gasteiger partial charge in [-0.3, -0.25) is 9.78 Å². The number of rotatable bonds is 2. The molecule has 0 saturated heterocycles. The van der Waals surface area contributed by atoms with E-state index in [1.807, 2.05) is 0 Å². The predicted molar refractivity (Wildman–Crippen MR) is 39.2 cm³/mol. The van der Waals surface area contributed by atoms with Gasteiger partial charge in [0.25, 0.3) is 0 Å². The van der Waals surface area contributed by atoms with Crippen LogP contribution in [-0.4, -0.2) is 18.3 Å². The summed E-state index contributed by atoms with van der Waals surface area (Å²) >= 11 is 0. The molecule has 3 heteroatoms. The second-order valence-corrected chi connectivity index (χ2v) is 1.87. The van der Waals surface area contributed by atoms with E-state index in [0.29, 0.717) is 5.56 Å². The van der Waals surface area contributed by atoms with Crippen LogP contribution in [0.4, 0.5) is 5.69 Å². The van der Waals surface area contributed by atoms with Gasteiger partial charge in [0.2, 0.25) is 0 Å². The van der Waals surface area contributed by atoms with Gasteiger partial charge in [-0.15, -0.1) is 0 Å². The Kier molecular flexibility index (Phi) is 1.99. The number of anilines is 1. The summed E-state index contributed by atoms with van der Waals surface area (Å²) in [7, 11) is 1.78. The van der Waals surface area contributed by atoms with Crippen LogP contribution in [0, 0.1) is 0 Å². The van der Waals surface area contributed by atoms with E-state index in [-0.39, 0.29) is 0 Å². The van der Waals surface area contributed by atoms with Gasteiger partial charge in [0.05, 0.1) is 5.69 Å². The minimum absolute atomic E-state index is 0.590. The van der Waals surface area contributed by atoms with Gasteiger partial charge in [0, 0.05) is 25.0 Å². The van der Waals surface area contributed by atoms with Gasteiger partial charge in [-0.25, -0.2) is 0 Å². The molecule has 1 heterocycles. The van der Waals surface area contributed by atoms with Crippen molar-refractivity contribution >= 4 is 12.0 Å². The summed E-state index contributed by atoms with van der Waals surface area (Å²) in [6.07, 6.45) is 3.95. The van der Waals surface area contributed by atoms with Gasteiger partial charge in [-0.2, -0.15) is 0 Å². The van der Waals surface area contributed by atoms with Crippen molar-refractivity contribution in [1.29, 1.82) is 0 Å². The Hall–Kier alpha value is -1.38. The van der Waals surface area contributed by atoms with Gasteiger partial charge in [-0.05, 0) is 6.07 Å². The Labute approximate surface area is 59.1 Å². The number of pyridine rings is 1. The number of nitrogens with one attached hydrogen (secondary N) is 1. The molecule has 0 aromatic carbocycles. The van der Waals surface area contributed by atoms with Crippen LogP contribution in [0.1, 0.15) is 10.4 Å². The van der Waals surface area contributed by atoms with E-state index >= 15 is 0 Å². The molecule has 0 aliphatic rings. The molecule has 0 amide bonds. The lowest BCUT2D eigenvalue weighted by molar-refractivity contribution is 0.112. The van der Waals surface area contributed by atoms with Crippen molar-refractivity contribution in [2.75, 3.05) is 12.4 Å². The average Bonchev–Trinajstić information content (AvgIpc) is 2.05. The average molecular weight is 136 g/mol. The van der Waals surface area contributed by atoms with Crippen molar-refractivity contribution in [3.8, 4) is 0 Å². The molecule has 0 radical (unpaired) electrons. The molecule has 1 N–H and O–H groups in total. The highest BCUT2D eigenvalue weighted by Gasteiger charge is 1.90. The molecule has 0 atom stereocenters. The zero-order chi connectivity index (χ0) is 7.40. The first kappa shape index (κ1) is 6.74. The van der Waals surface area contributed by atoms with Gasteiger partial charge in [-0.1, -0.05) is 0 Å². The molecule has 1 aromatic heterocycles. The summed E-state index contributed by atoms with van der Waals surface area (Å²) in [6.45, 7) is 0. The second kappa shape index (κ2) is 2.96. The largest absolute Gasteiger partial charge is 0.387 e. The maximum atomic E-state index is 10.2. The topological polar surface area (TPSA) is 42.0 Å². The summed E-state index contributed by atoms with van der Waals surface area (Å²) in [5.41, 5.74) is 1.44. The van der Waals surface area contributed by atoms with Crippen LogP contribution in [-0.2, 0) is 0 Å². The molecule has 0 bridgehead atoms. The molecule has 0 spiro atoms. The number of carbonyl (C=O) groups is 1. The maximum absolute atomic E-state index is 10.2. The van der Waals surface area contributed by atoms with Gasteiger partial charge >= 0.3 is 0 Å². The summed E-state index contributed by atoms with van der Waals surface area (Å²) in [5, 5.41) is 2.88. The molecular weight excluding hydrogens is 128 g/mol. The van der Waals surface area contributed by atoms with Crippen LogP contribution in [0.3, 0.4) is 0 Å². The van der Waals surface area contributed by atoms with Crippen molar-refractivity contribution in [2.45, 2.75) is 0 Å². The zero-order valence-corrected chi connectivity index (χ0v) is 5.66.